The summed E-state index contributed by atoms with van der Waals surface area (Å²) in [6.07, 6.45) is 0.598. The molecular weight excluding hydrogens is 276 g/mol. The molecule has 8 nitrogen and oxygen atoms in total. The predicted octanol–water partition coefficient (Wildman–Crippen LogP) is -0.782. The van der Waals surface area contributed by atoms with Crippen molar-refractivity contribution in [2.75, 3.05) is 39.3 Å². The highest BCUT2D eigenvalue weighted by molar-refractivity contribution is 5.84. The summed E-state index contributed by atoms with van der Waals surface area (Å²) in [7, 11) is 0. The van der Waals surface area contributed by atoms with Gasteiger partial charge in [-0.1, -0.05) is 6.92 Å². The van der Waals surface area contributed by atoms with Crippen LogP contribution in [-0.2, 0) is 9.59 Å². The average Bonchev–Trinajstić information content (AvgIpc) is 2.49. The Balaban J connectivity index is 2.12. The number of rotatable bonds is 7. The van der Waals surface area contributed by atoms with Crippen molar-refractivity contribution in [2.45, 2.75) is 19.8 Å². The number of carbonyl (C=O) groups excluding carboxylic acids is 2. The first-order valence-corrected chi connectivity index (χ1v) is 7.21. The van der Waals surface area contributed by atoms with Crippen LogP contribution in [0.15, 0.2) is 0 Å². The van der Waals surface area contributed by atoms with Gasteiger partial charge in [-0.15, -0.1) is 0 Å². The number of piperazine rings is 1. The predicted molar refractivity (Wildman–Crippen MR) is 76.9 cm³/mol. The monoisotopic (exact) mass is 300 g/mol. The van der Waals surface area contributed by atoms with Crippen molar-refractivity contribution in [3.63, 3.8) is 0 Å². The molecule has 4 N–H and O–H groups in total. The molecule has 0 aromatic heterocycles. The number of carboxylic acid groups (broad SMARTS) is 1. The van der Waals surface area contributed by atoms with Crippen molar-refractivity contribution in [3.8, 4) is 0 Å². The quantitative estimate of drug-likeness (QED) is 0.493. The Morgan fingerprint density at radius 3 is 2.52 bits per heavy atom. The minimum Gasteiger partial charge on any atom is -0.481 e. The van der Waals surface area contributed by atoms with Crippen LogP contribution < -0.4 is 16.0 Å². The lowest BCUT2D eigenvalue weighted by Crippen LogP contribution is -2.50. The molecule has 1 aliphatic rings. The fourth-order valence-corrected chi connectivity index (χ4v) is 1.98. The van der Waals surface area contributed by atoms with Gasteiger partial charge in [0.25, 0.3) is 0 Å². The molecule has 1 heterocycles. The highest BCUT2D eigenvalue weighted by Gasteiger charge is 2.16. The highest BCUT2D eigenvalue weighted by atomic mass is 16.4. The van der Waals surface area contributed by atoms with Gasteiger partial charge in [0.2, 0.25) is 5.91 Å². The van der Waals surface area contributed by atoms with Crippen LogP contribution in [0.5, 0.6) is 0 Å². The van der Waals surface area contributed by atoms with Gasteiger partial charge in [-0.3, -0.25) is 9.59 Å². The molecule has 1 rings (SSSR count). The summed E-state index contributed by atoms with van der Waals surface area (Å²) >= 11 is 0. The maximum absolute atomic E-state index is 11.8. The van der Waals surface area contributed by atoms with Crippen LogP contribution in [0.4, 0.5) is 4.79 Å². The van der Waals surface area contributed by atoms with Crippen LogP contribution in [0.3, 0.4) is 0 Å². The Hall–Kier alpha value is -1.83. The number of nitrogens with zero attached hydrogens (tertiary/aromatic N) is 1. The van der Waals surface area contributed by atoms with Gasteiger partial charge < -0.3 is 26.0 Å². The Labute approximate surface area is 124 Å². The Morgan fingerprint density at radius 2 is 1.90 bits per heavy atom. The second kappa shape index (κ2) is 9.17. The topological polar surface area (TPSA) is 111 Å². The smallest absolute Gasteiger partial charge is 0.315 e. The SMILES string of the molecule is CC(CCC(=O)O)CNC(=O)NCC(=O)N1CCNCC1. The van der Waals surface area contributed by atoms with Gasteiger partial charge in [-0.05, 0) is 12.3 Å². The van der Waals surface area contributed by atoms with E-state index in [1.165, 1.54) is 0 Å². The second-order valence-electron chi connectivity index (χ2n) is 5.23. The minimum atomic E-state index is -0.840. The van der Waals surface area contributed by atoms with Crippen molar-refractivity contribution < 1.29 is 19.5 Å². The van der Waals surface area contributed by atoms with E-state index in [0.717, 1.165) is 13.1 Å². The first kappa shape index (κ1) is 17.2. The number of hydrogen-bond acceptors (Lipinski definition) is 4. The molecule has 120 valence electrons. The fourth-order valence-electron chi connectivity index (χ4n) is 1.98. The molecule has 1 fully saturated rings. The van der Waals surface area contributed by atoms with Crippen LogP contribution in [0.1, 0.15) is 19.8 Å². The van der Waals surface area contributed by atoms with E-state index < -0.39 is 12.0 Å². The Morgan fingerprint density at radius 1 is 1.24 bits per heavy atom. The van der Waals surface area contributed by atoms with Crippen molar-refractivity contribution in [2.24, 2.45) is 5.92 Å². The van der Waals surface area contributed by atoms with E-state index in [9.17, 15) is 14.4 Å². The fraction of sp³-hybridized carbons (Fsp3) is 0.769. The van der Waals surface area contributed by atoms with Crippen LogP contribution in [0.25, 0.3) is 0 Å². The molecule has 21 heavy (non-hydrogen) atoms. The van der Waals surface area contributed by atoms with E-state index in [0.29, 0.717) is 26.1 Å². The van der Waals surface area contributed by atoms with Crippen molar-refractivity contribution in [3.05, 3.63) is 0 Å². The van der Waals surface area contributed by atoms with E-state index in [2.05, 4.69) is 16.0 Å². The third kappa shape index (κ3) is 7.50. The lowest BCUT2D eigenvalue weighted by Gasteiger charge is -2.27. The number of urea groups is 1. The van der Waals surface area contributed by atoms with Crippen LogP contribution >= 0.6 is 0 Å². The molecule has 0 saturated carbocycles. The van der Waals surface area contributed by atoms with Gasteiger partial charge in [-0.25, -0.2) is 4.79 Å². The summed E-state index contributed by atoms with van der Waals surface area (Å²) in [6.45, 7) is 5.12. The van der Waals surface area contributed by atoms with E-state index in [1.54, 1.807) is 4.90 Å². The van der Waals surface area contributed by atoms with E-state index >= 15 is 0 Å². The number of carbonyl (C=O) groups is 3. The van der Waals surface area contributed by atoms with Gasteiger partial charge in [0, 0.05) is 39.1 Å². The van der Waals surface area contributed by atoms with Gasteiger partial charge in [0.1, 0.15) is 0 Å². The zero-order valence-electron chi connectivity index (χ0n) is 12.4. The second-order valence-corrected chi connectivity index (χ2v) is 5.23. The summed E-state index contributed by atoms with van der Waals surface area (Å²) in [5.41, 5.74) is 0. The molecular formula is C13H24N4O4. The average molecular weight is 300 g/mol. The minimum absolute atomic E-state index is 0.0185. The number of amides is 3. The molecule has 0 aromatic carbocycles. The number of carboxylic acids is 1. The van der Waals surface area contributed by atoms with Crippen molar-refractivity contribution >= 4 is 17.9 Å². The first-order valence-electron chi connectivity index (χ1n) is 7.21. The summed E-state index contributed by atoms with van der Waals surface area (Å²) in [5.74, 6) is -0.853. The Kier molecular flexibility index (Phi) is 7.52. The molecule has 0 radical (unpaired) electrons. The molecule has 1 unspecified atom stereocenters. The third-order valence-corrected chi connectivity index (χ3v) is 3.33. The standard InChI is InChI=1S/C13H24N4O4/c1-10(2-3-12(19)20)8-15-13(21)16-9-11(18)17-6-4-14-5-7-17/h10,14H,2-9H2,1H3,(H,19,20)(H2,15,16,21). The molecule has 1 saturated heterocycles. The van der Waals surface area contributed by atoms with E-state index in [4.69, 9.17) is 5.11 Å². The highest BCUT2D eigenvalue weighted by Crippen LogP contribution is 2.03. The summed E-state index contributed by atoms with van der Waals surface area (Å²) in [5, 5.41) is 16.9. The lowest BCUT2D eigenvalue weighted by molar-refractivity contribution is -0.137. The first-order chi connectivity index (χ1) is 9.99. The normalized spacial score (nSPS) is 16.1. The number of aliphatic carboxylic acids is 1. The van der Waals surface area contributed by atoms with Crippen molar-refractivity contribution in [1.29, 1.82) is 0 Å². The maximum atomic E-state index is 11.8. The number of hydrogen-bond donors (Lipinski definition) is 4. The molecule has 1 aliphatic heterocycles. The molecule has 8 heteroatoms. The number of nitrogens with one attached hydrogen (secondary N) is 3. The molecule has 0 bridgehead atoms. The van der Waals surface area contributed by atoms with E-state index in [-0.39, 0.29) is 24.8 Å². The molecule has 0 aromatic rings. The largest absolute Gasteiger partial charge is 0.481 e. The summed E-state index contributed by atoms with van der Waals surface area (Å²) in [6, 6.07) is -0.402. The lowest BCUT2D eigenvalue weighted by atomic mass is 10.1. The Bertz CT molecular complexity index is 369. The molecule has 0 aliphatic carbocycles. The van der Waals surface area contributed by atoms with Gasteiger partial charge >= 0.3 is 12.0 Å². The van der Waals surface area contributed by atoms with Crippen molar-refractivity contribution in [1.82, 2.24) is 20.9 Å². The zero-order valence-corrected chi connectivity index (χ0v) is 12.4. The summed E-state index contributed by atoms with van der Waals surface area (Å²) in [4.78, 5) is 35.5. The molecule has 1 atom stereocenters. The molecule has 3 amide bonds. The van der Waals surface area contributed by atoms with Gasteiger partial charge in [0.15, 0.2) is 0 Å². The van der Waals surface area contributed by atoms with Crippen LogP contribution in [0.2, 0.25) is 0 Å². The third-order valence-electron chi connectivity index (χ3n) is 3.33. The van der Waals surface area contributed by atoms with Gasteiger partial charge in [-0.2, -0.15) is 0 Å². The summed E-state index contributed by atoms with van der Waals surface area (Å²) < 4.78 is 0. The molecule has 0 spiro atoms. The maximum Gasteiger partial charge on any atom is 0.315 e. The van der Waals surface area contributed by atoms with E-state index in [1.807, 2.05) is 6.92 Å². The van der Waals surface area contributed by atoms with Crippen LogP contribution in [-0.4, -0.2) is 67.2 Å². The zero-order chi connectivity index (χ0) is 15.7. The van der Waals surface area contributed by atoms with Crippen LogP contribution in [0, 0.1) is 5.92 Å². The van der Waals surface area contributed by atoms with Gasteiger partial charge in [0.05, 0.1) is 6.54 Å².